The number of rotatable bonds is 3. The van der Waals surface area contributed by atoms with E-state index in [2.05, 4.69) is 15.4 Å². The highest BCUT2D eigenvalue weighted by molar-refractivity contribution is 5.99. The molecule has 2 aromatic rings. The van der Waals surface area contributed by atoms with E-state index in [1.54, 1.807) is 11.4 Å². The second-order valence-corrected chi connectivity index (χ2v) is 5.15. The molecule has 0 bridgehead atoms. The molecule has 2 N–H and O–H groups in total. The SMILES string of the molecule is Cc1cc2ncc(C(=O)NC3(C(=O)O)CC3)c(C)n2n1. The summed E-state index contributed by atoms with van der Waals surface area (Å²) in [6.45, 7) is 3.61. The summed E-state index contributed by atoms with van der Waals surface area (Å²) in [4.78, 5) is 27.5. The van der Waals surface area contributed by atoms with Gasteiger partial charge >= 0.3 is 5.97 Å². The lowest BCUT2D eigenvalue weighted by Crippen LogP contribution is -2.43. The van der Waals surface area contributed by atoms with Crippen LogP contribution in [-0.2, 0) is 4.79 Å². The molecule has 7 nitrogen and oxygen atoms in total. The van der Waals surface area contributed by atoms with Crippen LogP contribution < -0.4 is 5.32 Å². The Kier molecular flexibility index (Phi) is 2.53. The van der Waals surface area contributed by atoms with Gasteiger partial charge in [0.15, 0.2) is 5.65 Å². The Labute approximate surface area is 114 Å². The van der Waals surface area contributed by atoms with Crippen molar-refractivity contribution < 1.29 is 14.7 Å². The van der Waals surface area contributed by atoms with Crippen molar-refractivity contribution in [3.05, 3.63) is 29.2 Å². The summed E-state index contributed by atoms with van der Waals surface area (Å²) in [5, 5.41) is 15.9. The molecule has 0 unspecified atom stereocenters. The third kappa shape index (κ3) is 1.82. The van der Waals surface area contributed by atoms with Crippen LogP contribution in [0.15, 0.2) is 12.3 Å². The minimum Gasteiger partial charge on any atom is -0.480 e. The van der Waals surface area contributed by atoms with Crippen LogP contribution in [0.2, 0.25) is 0 Å². The van der Waals surface area contributed by atoms with Crippen LogP contribution in [0.4, 0.5) is 0 Å². The van der Waals surface area contributed by atoms with Crippen molar-refractivity contribution in [1.29, 1.82) is 0 Å². The molecule has 1 saturated carbocycles. The molecule has 2 heterocycles. The summed E-state index contributed by atoms with van der Waals surface area (Å²) in [5.74, 6) is -1.42. The maximum atomic E-state index is 12.2. The number of carboxylic acid groups (broad SMARTS) is 1. The molecule has 1 fully saturated rings. The van der Waals surface area contributed by atoms with Gasteiger partial charge in [-0.2, -0.15) is 5.10 Å². The maximum Gasteiger partial charge on any atom is 0.329 e. The minimum absolute atomic E-state index is 0.341. The number of aliphatic carboxylic acids is 1. The second-order valence-electron chi connectivity index (χ2n) is 5.15. The van der Waals surface area contributed by atoms with Crippen molar-refractivity contribution in [3.63, 3.8) is 0 Å². The van der Waals surface area contributed by atoms with Gasteiger partial charge in [0.25, 0.3) is 5.91 Å². The molecule has 1 aliphatic rings. The van der Waals surface area contributed by atoms with E-state index in [0.717, 1.165) is 5.69 Å². The molecule has 0 saturated heterocycles. The standard InChI is InChI=1S/C13H14N4O3/c1-7-5-10-14-6-9(8(2)17(10)16-7)11(18)15-13(3-4-13)12(19)20/h5-6H,3-4H2,1-2H3,(H,15,18)(H,19,20). The Hall–Kier alpha value is -2.44. The molecule has 3 rings (SSSR count). The van der Waals surface area contributed by atoms with E-state index < -0.39 is 17.4 Å². The molecule has 20 heavy (non-hydrogen) atoms. The van der Waals surface area contributed by atoms with Gasteiger partial charge in [-0.05, 0) is 26.7 Å². The summed E-state index contributed by atoms with van der Waals surface area (Å²) >= 11 is 0. The zero-order valence-electron chi connectivity index (χ0n) is 11.2. The van der Waals surface area contributed by atoms with Gasteiger partial charge in [-0.25, -0.2) is 14.3 Å². The van der Waals surface area contributed by atoms with E-state index in [1.807, 2.05) is 13.0 Å². The van der Waals surface area contributed by atoms with Gasteiger partial charge in [-0.1, -0.05) is 0 Å². The lowest BCUT2D eigenvalue weighted by atomic mass is 10.2. The Bertz CT molecular complexity index is 731. The number of aromatic nitrogens is 3. The summed E-state index contributed by atoms with van der Waals surface area (Å²) in [7, 11) is 0. The van der Waals surface area contributed by atoms with Gasteiger partial charge in [0, 0.05) is 12.3 Å². The lowest BCUT2D eigenvalue weighted by molar-refractivity contribution is -0.140. The number of carbonyl (C=O) groups is 2. The number of hydrogen-bond acceptors (Lipinski definition) is 4. The molecule has 0 spiro atoms. The average Bonchev–Trinajstić information content (AvgIpc) is 3.05. The van der Waals surface area contributed by atoms with E-state index in [9.17, 15) is 9.59 Å². The van der Waals surface area contributed by atoms with Gasteiger partial charge in [0.2, 0.25) is 0 Å². The number of hydrogen-bond donors (Lipinski definition) is 2. The van der Waals surface area contributed by atoms with Crippen molar-refractivity contribution in [1.82, 2.24) is 19.9 Å². The van der Waals surface area contributed by atoms with E-state index in [1.165, 1.54) is 6.20 Å². The highest BCUT2D eigenvalue weighted by atomic mass is 16.4. The third-order valence-electron chi connectivity index (χ3n) is 3.60. The first-order valence-electron chi connectivity index (χ1n) is 6.31. The molecule has 1 aliphatic carbocycles. The Balaban J connectivity index is 1.96. The number of aryl methyl sites for hydroxylation is 2. The number of carbonyl (C=O) groups excluding carboxylic acids is 1. The number of carboxylic acids is 1. The average molecular weight is 274 g/mol. The van der Waals surface area contributed by atoms with E-state index in [0.29, 0.717) is 29.7 Å². The summed E-state index contributed by atoms with van der Waals surface area (Å²) < 4.78 is 1.59. The van der Waals surface area contributed by atoms with Crippen LogP contribution in [0.3, 0.4) is 0 Å². The Morgan fingerprint density at radius 3 is 2.70 bits per heavy atom. The molecule has 0 radical (unpaired) electrons. The van der Waals surface area contributed by atoms with E-state index in [-0.39, 0.29) is 0 Å². The normalized spacial score (nSPS) is 16.1. The van der Waals surface area contributed by atoms with Crippen LogP contribution in [0.25, 0.3) is 5.65 Å². The minimum atomic E-state index is -1.10. The number of amides is 1. The largest absolute Gasteiger partial charge is 0.480 e. The smallest absolute Gasteiger partial charge is 0.329 e. The third-order valence-corrected chi connectivity index (χ3v) is 3.60. The fourth-order valence-corrected chi connectivity index (χ4v) is 2.19. The van der Waals surface area contributed by atoms with Crippen molar-refractivity contribution >= 4 is 17.5 Å². The van der Waals surface area contributed by atoms with Gasteiger partial charge in [0.1, 0.15) is 5.54 Å². The van der Waals surface area contributed by atoms with Crippen LogP contribution in [-0.4, -0.2) is 37.1 Å². The van der Waals surface area contributed by atoms with Gasteiger partial charge in [-0.15, -0.1) is 0 Å². The van der Waals surface area contributed by atoms with Crippen LogP contribution in [0.1, 0.15) is 34.6 Å². The van der Waals surface area contributed by atoms with E-state index in [4.69, 9.17) is 5.11 Å². The summed E-state index contributed by atoms with van der Waals surface area (Å²) in [6.07, 6.45) is 2.38. The summed E-state index contributed by atoms with van der Waals surface area (Å²) in [6, 6.07) is 1.81. The highest BCUT2D eigenvalue weighted by Crippen LogP contribution is 2.35. The van der Waals surface area contributed by atoms with Gasteiger partial charge in [-0.3, -0.25) is 4.79 Å². The van der Waals surface area contributed by atoms with Crippen LogP contribution >= 0.6 is 0 Å². The molecule has 104 valence electrons. The zero-order chi connectivity index (χ0) is 14.5. The predicted octanol–water partition coefficient (Wildman–Crippen LogP) is 0.693. The molecular weight excluding hydrogens is 260 g/mol. The quantitative estimate of drug-likeness (QED) is 0.858. The van der Waals surface area contributed by atoms with Crippen molar-refractivity contribution in [2.24, 2.45) is 0 Å². The monoisotopic (exact) mass is 274 g/mol. The second kappa shape index (κ2) is 4.03. The molecule has 0 aromatic carbocycles. The molecule has 0 atom stereocenters. The molecule has 0 aliphatic heterocycles. The first-order chi connectivity index (χ1) is 9.43. The van der Waals surface area contributed by atoms with Crippen molar-refractivity contribution in [2.45, 2.75) is 32.2 Å². The van der Waals surface area contributed by atoms with Gasteiger partial charge in [0.05, 0.1) is 17.0 Å². The van der Waals surface area contributed by atoms with Crippen molar-refractivity contribution in [2.75, 3.05) is 0 Å². The number of nitrogens with one attached hydrogen (secondary N) is 1. The molecular formula is C13H14N4O3. The van der Waals surface area contributed by atoms with Crippen LogP contribution in [0, 0.1) is 13.8 Å². The lowest BCUT2D eigenvalue weighted by Gasteiger charge is -2.13. The zero-order valence-corrected chi connectivity index (χ0v) is 11.2. The van der Waals surface area contributed by atoms with E-state index >= 15 is 0 Å². The van der Waals surface area contributed by atoms with Crippen LogP contribution in [0.5, 0.6) is 0 Å². The maximum absolute atomic E-state index is 12.2. The molecule has 1 amide bonds. The first-order valence-corrected chi connectivity index (χ1v) is 6.31. The van der Waals surface area contributed by atoms with Gasteiger partial charge < -0.3 is 10.4 Å². The number of nitrogens with zero attached hydrogens (tertiary/aromatic N) is 3. The molecule has 7 heteroatoms. The summed E-state index contributed by atoms with van der Waals surface area (Å²) in [5.41, 5.74) is 1.35. The first kappa shape index (κ1) is 12.6. The Morgan fingerprint density at radius 2 is 2.10 bits per heavy atom. The molecule has 2 aromatic heterocycles. The predicted molar refractivity (Wildman–Crippen MR) is 69.5 cm³/mol. The fraction of sp³-hybridized carbons (Fsp3) is 0.385. The van der Waals surface area contributed by atoms with Crippen molar-refractivity contribution in [3.8, 4) is 0 Å². The topological polar surface area (TPSA) is 96.6 Å². The Morgan fingerprint density at radius 1 is 1.40 bits per heavy atom. The highest BCUT2D eigenvalue weighted by Gasteiger charge is 2.51. The number of fused-ring (bicyclic) bond motifs is 1. The fourth-order valence-electron chi connectivity index (χ4n) is 2.19.